The summed E-state index contributed by atoms with van der Waals surface area (Å²) in [6.07, 6.45) is 1.39. The maximum Gasteiger partial charge on any atom is 0.351 e. The zero-order valence-electron chi connectivity index (χ0n) is 12.2. The van der Waals surface area contributed by atoms with Gasteiger partial charge in [-0.05, 0) is 19.1 Å². The van der Waals surface area contributed by atoms with E-state index >= 15 is 0 Å². The molecule has 7 heteroatoms. The summed E-state index contributed by atoms with van der Waals surface area (Å²) in [5.41, 5.74) is 1.48. The summed E-state index contributed by atoms with van der Waals surface area (Å²) in [5.74, 6) is 5.84. The average Bonchev–Trinajstić information content (AvgIpc) is 3.21. The van der Waals surface area contributed by atoms with Crippen LogP contribution in [0.4, 0.5) is 0 Å². The fraction of sp³-hybridized carbons (Fsp3) is 0.125. The van der Waals surface area contributed by atoms with E-state index in [1.165, 1.54) is 17.7 Å². The van der Waals surface area contributed by atoms with Crippen molar-refractivity contribution in [1.82, 2.24) is 20.2 Å². The Morgan fingerprint density at radius 2 is 2.17 bits per heavy atom. The number of hydrogen-bond acceptors (Lipinski definition) is 6. The summed E-state index contributed by atoms with van der Waals surface area (Å²) in [6.45, 7) is 1.78. The average molecular weight is 324 g/mol. The molecule has 0 fully saturated rings. The van der Waals surface area contributed by atoms with Crippen molar-refractivity contribution in [2.45, 2.75) is 6.92 Å². The van der Waals surface area contributed by atoms with E-state index in [4.69, 9.17) is 4.74 Å². The molecule has 0 unspecified atom stereocenters. The zero-order chi connectivity index (χ0) is 16.1. The maximum atomic E-state index is 12.1. The van der Waals surface area contributed by atoms with Crippen LogP contribution in [-0.2, 0) is 4.74 Å². The number of ether oxygens (including phenoxy) is 1. The maximum absolute atomic E-state index is 12.1. The molecule has 0 amide bonds. The number of carbonyl (C=O) groups is 1. The molecule has 1 aromatic carbocycles. The molecule has 2 heterocycles. The van der Waals surface area contributed by atoms with Crippen molar-refractivity contribution in [3.8, 4) is 22.7 Å². The van der Waals surface area contributed by atoms with Gasteiger partial charge in [-0.15, -0.1) is 11.3 Å². The Morgan fingerprint density at radius 3 is 2.91 bits per heavy atom. The Balaban J connectivity index is 1.64. The van der Waals surface area contributed by atoms with Crippen LogP contribution < -0.4 is 0 Å². The summed E-state index contributed by atoms with van der Waals surface area (Å²) in [6, 6.07) is 9.52. The second kappa shape index (κ2) is 6.85. The molecular weight excluding hydrogens is 312 g/mol. The monoisotopic (exact) mass is 324 g/mol. The van der Waals surface area contributed by atoms with Crippen molar-refractivity contribution in [2.75, 3.05) is 6.61 Å². The molecule has 1 N–H and O–H groups in total. The largest absolute Gasteiger partial charge is 0.448 e. The third-order valence-corrected chi connectivity index (χ3v) is 4.03. The molecule has 3 aromatic rings. The minimum atomic E-state index is -0.437. The van der Waals surface area contributed by atoms with E-state index < -0.39 is 5.97 Å². The molecule has 3 rings (SSSR count). The Kier molecular flexibility index (Phi) is 4.45. The molecule has 0 aliphatic carbocycles. The fourth-order valence-electron chi connectivity index (χ4n) is 1.82. The van der Waals surface area contributed by atoms with Crippen molar-refractivity contribution in [2.24, 2.45) is 0 Å². The predicted octanol–water partition coefficient (Wildman–Crippen LogP) is 2.45. The highest BCUT2D eigenvalue weighted by molar-refractivity contribution is 7.16. The number of carbonyl (C=O) groups excluding carboxylic acids is 1. The van der Waals surface area contributed by atoms with Gasteiger partial charge in [-0.25, -0.2) is 14.8 Å². The van der Waals surface area contributed by atoms with Crippen molar-refractivity contribution < 1.29 is 9.53 Å². The number of nitrogens with zero attached hydrogens (tertiary/aromatic N) is 3. The summed E-state index contributed by atoms with van der Waals surface area (Å²) < 4.78 is 5.17. The first-order chi connectivity index (χ1) is 11.2. The molecule has 6 nitrogen and oxygen atoms in total. The van der Waals surface area contributed by atoms with Gasteiger partial charge in [0.1, 0.15) is 11.2 Å². The van der Waals surface area contributed by atoms with Crippen LogP contribution in [0.2, 0.25) is 0 Å². The molecule has 23 heavy (non-hydrogen) atoms. The van der Waals surface area contributed by atoms with Crippen LogP contribution >= 0.6 is 11.3 Å². The first-order valence-corrected chi connectivity index (χ1v) is 7.60. The highest BCUT2D eigenvalue weighted by Gasteiger charge is 2.18. The van der Waals surface area contributed by atoms with Crippen LogP contribution in [0.1, 0.15) is 20.9 Å². The lowest BCUT2D eigenvalue weighted by Crippen LogP contribution is -2.04. The van der Waals surface area contributed by atoms with Crippen molar-refractivity contribution in [3.05, 3.63) is 52.8 Å². The SMILES string of the molecule is Cc1nc(-c2ncn[nH]2)sc1C(=O)OCC#Cc1ccccc1. The Bertz CT molecular complexity index is 861. The number of rotatable bonds is 3. The van der Waals surface area contributed by atoms with E-state index in [0.29, 0.717) is 21.4 Å². The van der Waals surface area contributed by atoms with E-state index in [1.54, 1.807) is 6.92 Å². The highest BCUT2D eigenvalue weighted by Crippen LogP contribution is 2.25. The molecular formula is C16H12N4O2S. The summed E-state index contributed by atoms with van der Waals surface area (Å²) in [4.78, 5) is 20.9. The fourth-order valence-corrected chi connectivity index (χ4v) is 2.73. The van der Waals surface area contributed by atoms with Crippen LogP contribution in [-0.4, -0.2) is 32.7 Å². The topological polar surface area (TPSA) is 80.8 Å². The molecule has 0 saturated heterocycles. The van der Waals surface area contributed by atoms with E-state index in [0.717, 1.165) is 5.56 Å². The van der Waals surface area contributed by atoms with Gasteiger partial charge in [0.25, 0.3) is 0 Å². The number of esters is 1. The third-order valence-electron chi connectivity index (χ3n) is 2.88. The minimum Gasteiger partial charge on any atom is -0.448 e. The quantitative estimate of drug-likeness (QED) is 0.591. The number of aromatic nitrogens is 4. The Labute approximate surface area is 136 Å². The summed E-state index contributed by atoms with van der Waals surface area (Å²) in [7, 11) is 0. The van der Waals surface area contributed by atoms with E-state index in [2.05, 4.69) is 32.0 Å². The molecule has 0 saturated carbocycles. The van der Waals surface area contributed by atoms with Crippen LogP contribution in [0.25, 0.3) is 10.8 Å². The van der Waals surface area contributed by atoms with Gasteiger partial charge in [0.15, 0.2) is 17.4 Å². The summed E-state index contributed by atoms with van der Waals surface area (Å²) >= 11 is 1.21. The lowest BCUT2D eigenvalue weighted by molar-refractivity contribution is 0.0561. The number of thiazole rings is 1. The van der Waals surface area contributed by atoms with Crippen LogP contribution in [0.3, 0.4) is 0 Å². The van der Waals surface area contributed by atoms with Gasteiger partial charge >= 0.3 is 5.97 Å². The van der Waals surface area contributed by atoms with Gasteiger partial charge in [0.05, 0.1) is 5.69 Å². The highest BCUT2D eigenvalue weighted by atomic mass is 32.1. The predicted molar refractivity (Wildman–Crippen MR) is 85.8 cm³/mol. The Hall–Kier alpha value is -2.98. The molecule has 0 bridgehead atoms. The van der Waals surface area contributed by atoms with Gasteiger partial charge < -0.3 is 4.74 Å². The van der Waals surface area contributed by atoms with Gasteiger partial charge in [-0.2, -0.15) is 5.10 Å². The van der Waals surface area contributed by atoms with Crippen molar-refractivity contribution in [3.63, 3.8) is 0 Å². The van der Waals surface area contributed by atoms with Gasteiger partial charge in [0.2, 0.25) is 0 Å². The van der Waals surface area contributed by atoms with Crippen molar-refractivity contribution in [1.29, 1.82) is 0 Å². The lowest BCUT2D eigenvalue weighted by atomic mass is 10.2. The van der Waals surface area contributed by atoms with E-state index in [-0.39, 0.29) is 6.61 Å². The van der Waals surface area contributed by atoms with E-state index in [1.807, 2.05) is 30.3 Å². The minimum absolute atomic E-state index is 0.0305. The zero-order valence-corrected chi connectivity index (χ0v) is 13.1. The third kappa shape index (κ3) is 3.62. The Morgan fingerprint density at radius 1 is 1.35 bits per heavy atom. The van der Waals surface area contributed by atoms with Gasteiger partial charge in [-0.3, -0.25) is 5.10 Å². The molecule has 0 spiro atoms. The van der Waals surface area contributed by atoms with Gasteiger partial charge in [0, 0.05) is 5.56 Å². The number of H-pyrrole nitrogens is 1. The number of aryl methyl sites for hydroxylation is 1. The number of hydrogen-bond donors (Lipinski definition) is 1. The molecule has 0 aliphatic rings. The second-order valence-corrected chi connectivity index (χ2v) is 5.51. The van der Waals surface area contributed by atoms with Crippen LogP contribution in [0.15, 0.2) is 36.7 Å². The first-order valence-electron chi connectivity index (χ1n) is 6.78. The van der Waals surface area contributed by atoms with Crippen molar-refractivity contribution >= 4 is 17.3 Å². The molecule has 114 valence electrons. The lowest BCUT2D eigenvalue weighted by Gasteiger charge is -1.97. The smallest absolute Gasteiger partial charge is 0.351 e. The summed E-state index contributed by atoms with van der Waals surface area (Å²) in [5, 5.41) is 7.08. The molecule has 2 aromatic heterocycles. The number of benzene rings is 1. The standard InChI is InChI=1S/C16H12N4O2S/c1-11-13(23-15(19-11)14-17-10-18-20-14)16(21)22-9-5-8-12-6-3-2-4-7-12/h2-4,6-7,10H,9H2,1H3,(H,17,18,20). The number of aromatic amines is 1. The first kappa shape index (κ1) is 14.9. The molecule has 0 atom stereocenters. The normalized spacial score (nSPS) is 9.96. The molecule has 0 radical (unpaired) electrons. The molecule has 0 aliphatic heterocycles. The second-order valence-electron chi connectivity index (χ2n) is 4.51. The van der Waals surface area contributed by atoms with E-state index in [9.17, 15) is 4.79 Å². The van der Waals surface area contributed by atoms with Crippen LogP contribution in [0.5, 0.6) is 0 Å². The van der Waals surface area contributed by atoms with Crippen LogP contribution in [0, 0.1) is 18.8 Å². The number of nitrogens with one attached hydrogen (secondary N) is 1. The van der Waals surface area contributed by atoms with Gasteiger partial charge in [-0.1, -0.05) is 30.0 Å².